The Kier molecular flexibility index (Phi) is 7.64. The van der Waals surface area contributed by atoms with Crippen molar-refractivity contribution in [3.8, 4) is 11.4 Å². The van der Waals surface area contributed by atoms with Crippen LogP contribution in [0, 0.1) is 24.0 Å². The summed E-state index contributed by atoms with van der Waals surface area (Å²) >= 11 is 4.81. The van der Waals surface area contributed by atoms with Crippen LogP contribution in [0.5, 0.6) is 5.75 Å². The van der Waals surface area contributed by atoms with Crippen LogP contribution >= 0.6 is 27.7 Å². The number of halogens is 1. The highest BCUT2D eigenvalue weighted by atomic mass is 79.9. The zero-order valence-corrected chi connectivity index (χ0v) is 21.1. The first-order valence-electron chi connectivity index (χ1n) is 10.6. The van der Waals surface area contributed by atoms with Gasteiger partial charge >= 0.3 is 0 Å². The lowest BCUT2D eigenvalue weighted by atomic mass is 10.1. The monoisotopic (exact) mass is 538 g/mol. The van der Waals surface area contributed by atoms with Crippen LogP contribution in [0.3, 0.4) is 0 Å². The van der Waals surface area contributed by atoms with Gasteiger partial charge in [0.05, 0.1) is 0 Å². The molecule has 7 nitrogen and oxygen atoms in total. The third kappa shape index (κ3) is 5.84. The Bertz CT molecular complexity index is 1280. The number of aryl methyl sites for hydroxylation is 2. The number of para-hydroxylation sites is 1. The Morgan fingerprint density at radius 1 is 1.06 bits per heavy atom. The van der Waals surface area contributed by atoms with Gasteiger partial charge in [0.15, 0.2) is 5.16 Å². The number of aromatic nitrogens is 3. The van der Waals surface area contributed by atoms with Gasteiger partial charge in [-0.25, -0.2) is 0 Å². The SMILES string of the molecule is Cc1ccc(COc2ccc(Br)cc2[C@@H](C[N+](=O)[O-])Sc2nnc(C)n2-c2ccccc2)cc1. The van der Waals surface area contributed by atoms with Crippen molar-refractivity contribution in [1.29, 1.82) is 0 Å². The van der Waals surface area contributed by atoms with Crippen molar-refractivity contribution in [1.82, 2.24) is 14.8 Å². The van der Waals surface area contributed by atoms with Crippen molar-refractivity contribution in [2.45, 2.75) is 30.9 Å². The number of hydrogen-bond donors (Lipinski definition) is 0. The first kappa shape index (κ1) is 24.0. The maximum absolute atomic E-state index is 11.6. The largest absolute Gasteiger partial charge is 0.489 e. The summed E-state index contributed by atoms with van der Waals surface area (Å²) in [6, 6.07) is 23.4. The highest BCUT2D eigenvalue weighted by Crippen LogP contribution is 2.41. The fraction of sp³-hybridized carbons (Fsp3) is 0.200. The third-order valence-electron chi connectivity index (χ3n) is 5.21. The second-order valence-electron chi connectivity index (χ2n) is 7.78. The van der Waals surface area contributed by atoms with Crippen LogP contribution < -0.4 is 4.74 Å². The quantitative estimate of drug-likeness (QED) is 0.140. The zero-order chi connectivity index (χ0) is 24.1. The molecule has 0 saturated heterocycles. The van der Waals surface area contributed by atoms with E-state index >= 15 is 0 Å². The molecular weight excluding hydrogens is 516 g/mol. The summed E-state index contributed by atoms with van der Waals surface area (Å²) in [6.07, 6.45) is 0. The molecule has 0 N–H and O–H groups in total. The molecule has 34 heavy (non-hydrogen) atoms. The van der Waals surface area contributed by atoms with Crippen molar-refractivity contribution in [2.75, 3.05) is 6.54 Å². The molecule has 0 fully saturated rings. The van der Waals surface area contributed by atoms with E-state index in [4.69, 9.17) is 4.74 Å². The summed E-state index contributed by atoms with van der Waals surface area (Å²) in [7, 11) is 0. The standard InChI is InChI=1S/C25H23BrN4O3S/c1-17-8-10-19(11-9-17)16-33-23-13-12-20(26)14-22(23)24(15-29(31)32)34-25-28-27-18(2)30(25)21-6-4-3-5-7-21/h3-14,24H,15-16H2,1-2H3/t24-/m1/s1. The van der Waals surface area contributed by atoms with Crippen molar-refractivity contribution in [3.05, 3.63) is 110 Å². The molecule has 0 radical (unpaired) electrons. The lowest BCUT2D eigenvalue weighted by molar-refractivity contribution is -0.479. The molecule has 1 aromatic heterocycles. The molecule has 174 valence electrons. The van der Waals surface area contributed by atoms with Crippen LogP contribution in [0.4, 0.5) is 0 Å². The Balaban J connectivity index is 1.67. The maximum atomic E-state index is 11.6. The smallest absolute Gasteiger partial charge is 0.220 e. The minimum Gasteiger partial charge on any atom is -0.489 e. The van der Waals surface area contributed by atoms with Crippen LogP contribution in [-0.2, 0) is 6.61 Å². The molecule has 4 aromatic rings. The molecule has 1 atom stereocenters. The predicted octanol–water partition coefficient (Wildman–Crippen LogP) is 6.34. The van der Waals surface area contributed by atoms with E-state index in [2.05, 4.69) is 26.1 Å². The molecule has 0 unspecified atom stereocenters. The molecule has 1 heterocycles. The number of ether oxygens (including phenoxy) is 1. The molecule has 0 aliphatic heterocycles. The second kappa shape index (κ2) is 10.8. The van der Waals surface area contributed by atoms with Gasteiger partial charge in [-0.15, -0.1) is 10.2 Å². The van der Waals surface area contributed by atoms with E-state index in [-0.39, 0.29) is 11.5 Å². The van der Waals surface area contributed by atoms with Crippen molar-refractivity contribution >= 4 is 27.7 Å². The molecule has 0 bridgehead atoms. The normalized spacial score (nSPS) is 11.9. The Morgan fingerprint density at radius 2 is 1.79 bits per heavy atom. The highest BCUT2D eigenvalue weighted by molar-refractivity contribution is 9.10. The number of nitrogens with zero attached hydrogens (tertiary/aromatic N) is 4. The van der Waals surface area contributed by atoms with E-state index in [0.717, 1.165) is 21.3 Å². The Labute approximate surface area is 210 Å². The minimum atomic E-state index is -0.536. The lowest BCUT2D eigenvalue weighted by Crippen LogP contribution is -2.12. The van der Waals surface area contributed by atoms with Gasteiger partial charge in [-0.2, -0.15) is 0 Å². The summed E-state index contributed by atoms with van der Waals surface area (Å²) < 4.78 is 8.86. The van der Waals surface area contributed by atoms with Gasteiger partial charge in [0.1, 0.15) is 23.4 Å². The predicted molar refractivity (Wildman–Crippen MR) is 136 cm³/mol. The molecule has 0 aliphatic rings. The van der Waals surface area contributed by atoms with E-state index in [0.29, 0.717) is 23.3 Å². The van der Waals surface area contributed by atoms with Crippen molar-refractivity contribution in [3.63, 3.8) is 0 Å². The molecule has 3 aromatic carbocycles. The summed E-state index contributed by atoms with van der Waals surface area (Å²) in [5.41, 5.74) is 3.83. The maximum Gasteiger partial charge on any atom is 0.220 e. The van der Waals surface area contributed by atoms with Gasteiger partial charge in [-0.1, -0.05) is 75.7 Å². The van der Waals surface area contributed by atoms with Gasteiger partial charge in [0, 0.05) is 20.6 Å². The molecule has 0 amide bonds. The van der Waals surface area contributed by atoms with Gasteiger partial charge in [-0.3, -0.25) is 14.7 Å². The van der Waals surface area contributed by atoms with Crippen LogP contribution in [-0.4, -0.2) is 26.2 Å². The van der Waals surface area contributed by atoms with Crippen LogP contribution in [0.2, 0.25) is 0 Å². The second-order valence-corrected chi connectivity index (χ2v) is 9.86. The van der Waals surface area contributed by atoms with Crippen molar-refractivity contribution in [2.24, 2.45) is 0 Å². The molecule has 0 saturated carbocycles. The minimum absolute atomic E-state index is 0.289. The van der Waals surface area contributed by atoms with E-state index in [1.807, 2.05) is 91.2 Å². The Morgan fingerprint density at radius 3 is 2.50 bits per heavy atom. The van der Waals surface area contributed by atoms with Gasteiger partial charge < -0.3 is 4.74 Å². The molecule has 4 rings (SSSR count). The van der Waals surface area contributed by atoms with Crippen LogP contribution in [0.1, 0.15) is 27.8 Å². The average Bonchev–Trinajstić information content (AvgIpc) is 3.19. The lowest BCUT2D eigenvalue weighted by Gasteiger charge is -2.18. The number of nitro groups is 1. The van der Waals surface area contributed by atoms with E-state index in [1.165, 1.54) is 17.3 Å². The van der Waals surface area contributed by atoms with Gasteiger partial charge in [0.25, 0.3) is 0 Å². The molecular formula is C25H23BrN4O3S. The zero-order valence-electron chi connectivity index (χ0n) is 18.7. The third-order valence-corrected chi connectivity index (χ3v) is 6.86. The van der Waals surface area contributed by atoms with Gasteiger partial charge in [-0.05, 0) is 49.7 Å². The first-order valence-corrected chi connectivity index (χ1v) is 12.3. The Hall–Kier alpha value is -3.17. The first-order chi connectivity index (χ1) is 16.4. The number of hydrogen-bond acceptors (Lipinski definition) is 6. The van der Waals surface area contributed by atoms with Crippen LogP contribution in [0.25, 0.3) is 5.69 Å². The van der Waals surface area contributed by atoms with E-state index in [9.17, 15) is 10.1 Å². The fourth-order valence-electron chi connectivity index (χ4n) is 3.50. The summed E-state index contributed by atoms with van der Waals surface area (Å²) in [4.78, 5) is 11.3. The number of rotatable bonds is 9. The average molecular weight is 539 g/mol. The van der Waals surface area contributed by atoms with Crippen molar-refractivity contribution < 1.29 is 9.66 Å². The topological polar surface area (TPSA) is 83.1 Å². The molecule has 0 aliphatic carbocycles. The summed E-state index contributed by atoms with van der Waals surface area (Å²) in [5, 5.41) is 20.2. The van der Waals surface area contributed by atoms with E-state index < -0.39 is 5.25 Å². The van der Waals surface area contributed by atoms with E-state index in [1.54, 1.807) is 0 Å². The number of thioether (sulfide) groups is 1. The highest BCUT2D eigenvalue weighted by Gasteiger charge is 2.27. The number of benzene rings is 3. The van der Waals surface area contributed by atoms with Crippen LogP contribution in [0.15, 0.2) is 82.4 Å². The fourth-order valence-corrected chi connectivity index (χ4v) is 5.07. The summed E-state index contributed by atoms with van der Waals surface area (Å²) in [6.45, 7) is 3.97. The van der Waals surface area contributed by atoms with Gasteiger partial charge in [0.2, 0.25) is 6.54 Å². The summed E-state index contributed by atoms with van der Waals surface area (Å²) in [5.74, 6) is 1.31. The molecule has 9 heteroatoms. The molecule has 0 spiro atoms.